The minimum absolute atomic E-state index is 0.267. The molecule has 0 N–H and O–H groups in total. The van der Waals surface area contributed by atoms with E-state index in [1.165, 1.54) is 0 Å². The molecule has 98 valence electrons. The highest BCUT2D eigenvalue weighted by Crippen LogP contribution is 2.57. The normalized spacial score (nSPS) is 20.2. The van der Waals surface area contributed by atoms with Crippen molar-refractivity contribution >= 4 is 0 Å². The summed E-state index contributed by atoms with van der Waals surface area (Å²) >= 11 is 0. The van der Waals surface area contributed by atoms with Crippen LogP contribution in [0, 0.1) is 23.7 Å². The molecule has 1 aliphatic carbocycles. The van der Waals surface area contributed by atoms with Gasteiger partial charge in [-0.3, -0.25) is 0 Å². The van der Waals surface area contributed by atoms with Crippen LogP contribution >= 0.6 is 0 Å². The maximum atomic E-state index is 9.02. The van der Waals surface area contributed by atoms with Crippen LogP contribution in [0.1, 0.15) is 54.9 Å². The Morgan fingerprint density at radius 1 is 1.37 bits per heavy atom. The fourth-order valence-electron chi connectivity index (χ4n) is 2.21. The summed E-state index contributed by atoms with van der Waals surface area (Å²) in [5.41, 5.74) is 1.26. The summed E-state index contributed by atoms with van der Waals surface area (Å²) in [4.78, 5) is 4.38. The summed E-state index contributed by atoms with van der Waals surface area (Å²) in [6, 6.07) is 2.07. The van der Waals surface area contributed by atoms with Crippen LogP contribution in [-0.4, -0.2) is 15.3 Å². The molecule has 0 amide bonds. The van der Waals surface area contributed by atoms with Crippen molar-refractivity contribution in [2.24, 2.45) is 5.41 Å². The average Bonchev–Trinajstić information content (AvgIpc) is 2.74. The Morgan fingerprint density at radius 2 is 2.11 bits per heavy atom. The first-order valence-electron chi connectivity index (χ1n) is 6.19. The van der Waals surface area contributed by atoms with Gasteiger partial charge in [0.1, 0.15) is 17.3 Å². The molecule has 0 radical (unpaired) electrons. The molecule has 1 saturated carbocycles. The number of hydrogen-bond acceptors (Lipinski definition) is 6. The van der Waals surface area contributed by atoms with Crippen LogP contribution in [-0.2, 0) is 6.42 Å². The fraction of sp³-hybridized carbons (Fsp3) is 0.538. The lowest BCUT2D eigenvalue weighted by Gasteiger charge is -1.95. The molecule has 0 aliphatic heterocycles. The topological polar surface area (TPSA) is 88.7 Å². The van der Waals surface area contributed by atoms with Gasteiger partial charge >= 0.3 is 0 Å². The molecule has 2 aromatic heterocycles. The predicted molar refractivity (Wildman–Crippen MR) is 64.2 cm³/mol. The molecule has 0 bridgehead atoms. The number of aryl methyl sites for hydroxylation is 1. The number of rotatable bonds is 3. The molecule has 0 aromatic carbocycles. The third-order valence-corrected chi connectivity index (χ3v) is 3.67. The van der Waals surface area contributed by atoms with Crippen LogP contribution in [0.25, 0.3) is 0 Å². The highest BCUT2D eigenvalue weighted by Gasteiger charge is 2.49. The smallest absolute Gasteiger partial charge is 0.232 e. The van der Waals surface area contributed by atoms with Crippen LogP contribution in [0.15, 0.2) is 9.05 Å². The first kappa shape index (κ1) is 11.9. The van der Waals surface area contributed by atoms with Gasteiger partial charge in [-0.2, -0.15) is 10.2 Å². The van der Waals surface area contributed by atoms with E-state index in [4.69, 9.17) is 14.3 Å². The van der Waals surface area contributed by atoms with Crippen molar-refractivity contribution in [1.82, 2.24) is 15.3 Å². The van der Waals surface area contributed by atoms with E-state index < -0.39 is 0 Å². The van der Waals surface area contributed by atoms with Gasteiger partial charge in [0.05, 0.1) is 6.42 Å². The molecular formula is C13H14N4O2. The van der Waals surface area contributed by atoms with Crippen molar-refractivity contribution in [3.05, 3.63) is 28.7 Å². The van der Waals surface area contributed by atoms with Crippen LogP contribution in [0.4, 0.5) is 0 Å². The van der Waals surface area contributed by atoms with Crippen molar-refractivity contribution in [2.45, 2.75) is 39.5 Å². The Bertz CT molecular complexity index is 662. The van der Waals surface area contributed by atoms with Crippen molar-refractivity contribution in [1.29, 1.82) is 5.26 Å². The zero-order chi connectivity index (χ0) is 13.6. The minimum Gasteiger partial charge on any atom is -0.360 e. The number of nitriles is 1. The van der Waals surface area contributed by atoms with Gasteiger partial charge in [-0.1, -0.05) is 24.2 Å². The Morgan fingerprint density at radius 3 is 2.74 bits per heavy atom. The molecular weight excluding hydrogens is 244 g/mol. The van der Waals surface area contributed by atoms with E-state index in [2.05, 4.69) is 35.2 Å². The SMILES string of the molecule is Cc1onc(Cc2nc(C3CC3(C)C)no2)c1C#N. The van der Waals surface area contributed by atoms with Crippen LogP contribution in [0.2, 0.25) is 0 Å². The Labute approximate surface area is 110 Å². The Kier molecular flexibility index (Phi) is 2.45. The highest BCUT2D eigenvalue weighted by atomic mass is 16.5. The van der Waals surface area contributed by atoms with E-state index in [1.54, 1.807) is 6.92 Å². The largest absolute Gasteiger partial charge is 0.360 e. The van der Waals surface area contributed by atoms with Gasteiger partial charge in [-0.25, -0.2) is 0 Å². The molecule has 2 heterocycles. The molecule has 0 spiro atoms. The van der Waals surface area contributed by atoms with Crippen LogP contribution in [0.5, 0.6) is 0 Å². The van der Waals surface area contributed by atoms with E-state index in [0.29, 0.717) is 35.2 Å². The number of nitrogens with zero attached hydrogens (tertiary/aromatic N) is 4. The fourth-order valence-corrected chi connectivity index (χ4v) is 2.21. The predicted octanol–water partition coefficient (Wildman–Crippen LogP) is 2.34. The summed E-state index contributed by atoms with van der Waals surface area (Å²) in [6.07, 6.45) is 1.42. The zero-order valence-corrected chi connectivity index (χ0v) is 11.1. The lowest BCUT2D eigenvalue weighted by molar-refractivity contribution is 0.367. The van der Waals surface area contributed by atoms with E-state index >= 15 is 0 Å². The molecule has 1 unspecified atom stereocenters. The highest BCUT2D eigenvalue weighted by molar-refractivity contribution is 5.36. The number of hydrogen-bond donors (Lipinski definition) is 0. The Hall–Kier alpha value is -2.16. The summed E-state index contributed by atoms with van der Waals surface area (Å²) < 4.78 is 10.2. The summed E-state index contributed by atoms with van der Waals surface area (Å²) in [7, 11) is 0. The minimum atomic E-state index is 0.267. The molecule has 19 heavy (non-hydrogen) atoms. The van der Waals surface area contributed by atoms with Crippen molar-refractivity contribution < 1.29 is 9.05 Å². The molecule has 1 atom stereocenters. The quantitative estimate of drug-likeness (QED) is 0.839. The van der Waals surface area contributed by atoms with Gasteiger partial charge in [-0.15, -0.1) is 0 Å². The monoisotopic (exact) mass is 258 g/mol. The van der Waals surface area contributed by atoms with Crippen LogP contribution in [0.3, 0.4) is 0 Å². The zero-order valence-electron chi connectivity index (χ0n) is 11.1. The first-order chi connectivity index (χ1) is 9.01. The second-order valence-corrected chi connectivity index (χ2v) is 5.64. The average molecular weight is 258 g/mol. The standard InChI is InChI=1S/C13H14N4O2/c1-7-8(6-14)10(16-18-7)4-11-15-12(17-19-11)9-5-13(9,2)3/h9H,4-5H2,1-3H3. The molecule has 1 aliphatic rings. The summed E-state index contributed by atoms with van der Waals surface area (Å²) in [6.45, 7) is 6.08. The van der Waals surface area contributed by atoms with Gasteiger partial charge in [-0.05, 0) is 18.8 Å². The van der Waals surface area contributed by atoms with E-state index in [-0.39, 0.29) is 5.41 Å². The van der Waals surface area contributed by atoms with Gasteiger partial charge in [0.15, 0.2) is 11.6 Å². The van der Waals surface area contributed by atoms with E-state index in [0.717, 1.165) is 12.2 Å². The Balaban J connectivity index is 1.79. The molecule has 0 saturated heterocycles. The second kappa shape index (κ2) is 3.92. The van der Waals surface area contributed by atoms with Crippen molar-refractivity contribution in [2.75, 3.05) is 0 Å². The maximum absolute atomic E-state index is 9.02. The molecule has 1 fully saturated rings. The van der Waals surface area contributed by atoms with Gasteiger partial charge in [0, 0.05) is 5.92 Å². The van der Waals surface area contributed by atoms with Crippen molar-refractivity contribution in [3.8, 4) is 6.07 Å². The van der Waals surface area contributed by atoms with E-state index in [1.807, 2.05) is 0 Å². The molecule has 6 heteroatoms. The summed E-state index contributed by atoms with van der Waals surface area (Å²) in [5.74, 6) is 2.11. The maximum Gasteiger partial charge on any atom is 0.232 e. The molecule has 6 nitrogen and oxygen atoms in total. The third kappa shape index (κ3) is 2.01. The lowest BCUT2D eigenvalue weighted by atomic mass is 10.1. The third-order valence-electron chi connectivity index (χ3n) is 3.67. The number of aromatic nitrogens is 3. The lowest BCUT2D eigenvalue weighted by Crippen LogP contribution is -1.94. The first-order valence-corrected chi connectivity index (χ1v) is 6.19. The van der Waals surface area contributed by atoms with Gasteiger partial charge < -0.3 is 9.05 Å². The summed E-state index contributed by atoms with van der Waals surface area (Å²) in [5, 5.41) is 16.9. The van der Waals surface area contributed by atoms with Gasteiger partial charge in [0.25, 0.3) is 0 Å². The van der Waals surface area contributed by atoms with E-state index in [9.17, 15) is 0 Å². The molecule has 3 rings (SSSR count). The van der Waals surface area contributed by atoms with Crippen molar-refractivity contribution in [3.63, 3.8) is 0 Å². The van der Waals surface area contributed by atoms with Gasteiger partial charge in [0.2, 0.25) is 5.89 Å². The second-order valence-electron chi connectivity index (χ2n) is 5.64. The van der Waals surface area contributed by atoms with Crippen LogP contribution < -0.4 is 0 Å². The molecule has 2 aromatic rings.